The Morgan fingerprint density at radius 3 is 2.65 bits per heavy atom. The minimum Gasteiger partial charge on any atom is -0.370 e. The third-order valence-electron chi connectivity index (χ3n) is 4.32. The summed E-state index contributed by atoms with van der Waals surface area (Å²) in [4.78, 5) is 25.6. The van der Waals surface area contributed by atoms with Gasteiger partial charge in [-0.05, 0) is 32.7 Å². The number of nitrogens with one attached hydrogen (secondary N) is 2. The van der Waals surface area contributed by atoms with Gasteiger partial charge in [-0.1, -0.05) is 0 Å². The van der Waals surface area contributed by atoms with E-state index in [0.29, 0.717) is 12.5 Å². The summed E-state index contributed by atoms with van der Waals surface area (Å²) in [5.74, 6) is 0.532. The van der Waals surface area contributed by atoms with E-state index in [0.717, 1.165) is 31.6 Å². The van der Waals surface area contributed by atoms with Gasteiger partial charge in [0.25, 0.3) is 5.56 Å². The summed E-state index contributed by atoms with van der Waals surface area (Å²) in [6, 6.07) is 1.47. The Bertz CT molecular complexity index is 569. The maximum atomic E-state index is 11.7. The van der Waals surface area contributed by atoms with Crippen LogP contribution in [0, 0.1) is 5.92 Å². The van der Waals surface area contributed by atoms with Crippen LogP contribution in [-0.2, 0) is 11.8 Å². The van der Waals surface area contributed by atoms with Crippen LogP contribution in [0.1, 0.15) is 19.8 Å². The lowest BCUT2D eigenvalue weighted by Gasteiger charge is -2.33. The van der Waals surface area contributed by atoms with E-state index in [4.69, 9.17) is 0 Å². The number of carbonyl (C=O) groups is 1. The Labute approximate surface area is 142 Å². The first-order valence-electron chi connectivity index (χ1n) is 7.74. The summed E-state index contributed by atoms with van der Waals surface area (Å²) in [5.41, 5.74) is 0.794. The number of likely N-dealkylation sites (N-methyl/N-ethyl adjacent to an activating group) is 1. The molecule has 1 aliphatic heterocycles. The van der Waals surface area contributed by atoms with Crippen LogP contribution in [0.2, 0.25) is 0 Å². The molecule has 1 fully saturated rings. The van der Waals surface area contributed by atoms with Crippen molar-refractivity contribution in [1.29, 1.82) is 0 Å². The number of amides is 1. The predicted octanol–water partition coefficient (Wildman–Crippen LogP) is 0.143. The lowest BCUT2D eigenvalue weighted by Crippen LogP contribution is -2.44. The van der Waals surface area contributed by atoms with Crippen LogP contribution < -0.4 is 21.1 Å². The molecule has 2 rings (SSSR count). The molecule has 1 amide bonds. The van der Waals surface area contributed by atoms with Crippen molar-refractivity contribution < 1.29 is 4.79 Å². The van der Waals surface area contributed by atoms with Crippen LogP contribution >= 0.6 is 12.4 Å². The number of halogens is 1. The highest BCUT2D eigenvalue weighted by Gasteiger charge is 2.21. The molecule has 1 atom stereocenters. The van der Waals surface area contributed by atoms with Gasteiger partial charge in [0.2, 0.25) is 5.91 Å². The summed E-state index contributed by atoms with van der Waals surface area (Å²) in [6.07, 6.45) is 3.74. The monoisotopic (exact) mass is 343 g/mol. The second-order valence-corrected chi connectivity index (χ2v) is 5.86. The number of anilines is 1. The summed E-state index contributed by atoms with van der Waals surface area (Å²) in [7, 11) is 3.42. The van der Waals surface area contributed by atoms with Crippen molar-refractivity contribution >= 4 is 24.0 Å². The molecular weight excluding hydrogens is 318 g/mol. The molecule has 1 aromatic heterocycles. The Balaban J connectivity index is 0.00000264. The van der Waals surface area contributed by atoms with E-state index in [9.17, 15) is 9.59 Å². The maximum Gasteiger partial charge on any atom is 0.268 e. The van der Waals surface area contributed by atoms with Gasteiger partial charge in [0.05, 0.1) is 17.9 Å². The van der Waals surface area contributed by atoms with Crippen molar-refractivity contribution in [1.82, 2.24) is 20.4 Å². The van der Waals surface area contributed by atoms with Gasteiger partial charge in [-0.25, -0.2) is 4.68 Å². The zero-order valence-electron chi connectivity index (χ0n) is 13.9. The number of aromatic nitrogens is 2. The number of nitrogens with zero attached hydrogens (tertiary/aromatic N) is 3. The Morgan fingerprint density at radius 1 is 1.43 bits per heavy atom. The highest BCUT2D eigenvalue weighted by Crippen LogP contribution is 2.21. The van der Waals surface area contributed by atoms with E-state index >= 15 is 0 Å². The summed E-state index contributed by atoms with van der Waals surface area (Å²) in [5, 5.41) is 9.98. The lowest BCUT2D eigenvalue weighted by atomic mass is 9.96. The largest absolute Gasteiger partial charge is 0.370 e. The average Bonchev–Trinajstić information content (AvgIpc) is 2.55. The molecule has 8 heteroatoms. The average molecular weight is 344 g/mol. The number of aryl methyl sites for hydroxylation is 1. The van der Waals surface area contributed by atoms with E-state index in [1.54, 1.807) is 26.4 Å². The van der Waals surface area contributed by atoms with Crippen molar-refractivity contribution in [2.24, 2.45) is 13.0 Å². The molecule has 0 bridgehead atoms. The molecule has 0 saturated carbocycles. The van der Waals surface area contributed by atoms with Crippen LogP contribution in [0.3, 0.4) is 0 Å². The van der Waals surface area contributed by atoms with Crippen LogP contribution in [0.5, 0.6) is 0 Å². The highest BCUT2D eigenvalue weighted by atomic mass is 35.5. The first-order valence-corrected chi connectivity index (χ1v) is 7.74. The van der Waals surface area contributed by atoms with Crippen LogP contribution in [-0.4, -0.2) is 48.4 Å². The molecule has 130 valence electrons. The number of carbonyl (C=O) groups excluding carboxylic acids is 1. The van der Waals surface area contributed by atoms with Crippen molar-refractivity contribution in [3.8, 4) is 0 Å². The molecule has 0 aromatic carbocycles. The minimum atomic E-state index is -0.160. The van der Waals surface area contributed by atoms with Crippen molar-refractivity contribution in [3.63, 3.8) is 0 Å². The highest BCUT2D eigenvalue weighted by molar-refractivity contribution is 5.85. The zero-order chi connectivity index (χ0) is 16.1. The fourth-order valence-electron chi connectivity index (χ4n) is 2.56. The van der Waals surface area contributed by atoms with Crippen LogP contribution in [0.25, 0.3) is 0 Å². The van der Waals surface area contributed by atoms with Crippen molar-refractivity contribution in [3.05, 3.63) is 22.6 Å². The molecule has 0 unspecified atom stereocenters. The third-order valence-corrected chi connectivity index (χ3v) is 4.32. The molecule has 0 spiro atoms. The van der Waals surface area contributed by atoms with Crippen LogP contribution in [0.15, 0.2) is 17.1 Å². The van der Waals surface area contributed by atoms with E-state index in [-0.39, 0.29) is 29.9 Å². The molecule has 23 heavy (non-hydrogen) atoms. The molecule has 2 heterocycles. The first kappa shape index (κ1) is 19.4. The lowest BCUT2D eigenvalue weighted by molar-refractivity contribution is -0.122. The fourth-order valence-corrected chi connectivity index (χ4v) is 2.56. The molecule has 7 nitrogen and oxygen atoms in total. The molecule has 2 N–H and O–H groups in total. The zero-order valence-corrected chi connectivity index (χ0v) is 14.7. The van der Waals surface area contributed by atoms with Crippen LogP contribution in [0.4, 0.5) is 5.69 Å². The standard InChI is InChI=1S/C15H25N5O2.ClH/c1-11(16-2)15(22)17-9-12-4-6-20(7-5-12)13-8-14(21)19(3)18-10-13;/h8,10-12,16H,4-7,9H2,1-3H3,(H,17,22);1H/t11-;/m0./s1. The molecule has 1 aromatic rings. The SMILES string of the molecule is CN[C@@H](C)C(=O)NCC1CCN(c2cnn(C)c(=O)c2)CC1.Cl. The van der Waals surface area contributed by atoms with Gasteiger partial charge in [0.1, 0.15) is 0 Å². The molecule has 1 aliphatic rings. The Morgan fingerprint density at radius 2 is 2.09 bits per heavy atom. The molecule has 0 aliphatic carbocycles. The Kier molecular flexibility index (Phi) is 7.51. The van der Waals surface area contributed by atoms with Crippen molar-refractivity contribution in [2.45, 2.75) is 25.8 Å². The van der Waals surface area contributed by atoms with Gasteiger partial charge in [-0.2, -0.15) is 5.10 Å². The summed E-state index contributed by atoms with van der Waals surface area (Å²) >= 11 is 0. The van der Waals surface area contributed by atoms with Gasteiger partial charge >= 0.3 is 0 Å². The maximum absolute atomic E-state index is 11.7. The Hall–Kier alpha value is -1.60. The minimum absolute atomic E-state index is 0. The van der Waals surface area contributed by atoms with E-state index in [1.807, 2.05) is 6.92 Å². The van der Waals surface area contributed by atoms with Crippen molar-refractivity contribution in [2.75, 3.05) is 31.6 Å². The molecule has 0 radical (unpaired) electrons. The van der Waals surface area contributed by atoms with Gasteiger partial charge in [-0.15, -0.1) is 12.4 Å². The second-order valence-electron chi connectivity index (χ2n) is 5.86. The van der Waals surface area contributed by atoms with E-state index in [1.165, 1.54) is 4.68 Å². The molecule has 1 saturated heterocycles. The van der Waals surface area contributed by atoms with Gasteiger partial charge < -0.3 is 15.5 Å². The van der Waals surface area contributed by atoms with Gasteiger partial charge in [-0.3, -0.25) is 9.59 Å². The van der Waals surface area contributed by atoms with Gasteiger partial charge in [0, 0.05) is 32.7 Å². The second kappa shape index (κ2) is 8.88. The number of hydrogen-bond donors (Lipinski definition) is 2. The quantitative estimate of drug-likeness (QED) is 0.795. The van der Waals surface area contributed by atoms with E-state index < -0.39 is 0 Å². The predicted molar refractivity (Wildman–Crippen MR) is 93.2 cm³/mol. The topological polar surface area (TPSA) is 79.3 Å². The number of piperidine rings is 1. The smallest absolute Gasteiger partial charge is 0.268 e. The molecular formula is C15H26ClN5O2. The number of hydrogen-bond acceptors (Lipinski definition) is 5. The van der Waals surface area contributed by atoms with E-state index in [2.05, 4.69) is 20.6 Å². The first-order chi connectivity index (χ1) is 10.5. The number of rotatable bonds is 5. The summed E-state index contributed by atoms with van der Waals surface area (Å²) < 4.78 is 1.33. The summed E-state index contributed by atoms with van der Waals surface area (Å²) in [6.45, 7) is 4.34. The fraction of sp³-hybridized carbons (Fsp3) is 0.667. The normalized spacial score (nSPS) is 16.6. The third kappa shape index (κ3) is 5.21. The van der Waals surface area contributed by atoms with Gasteiger partial charge in [0.15, 0.2) is 0 Å².